The molecule has 3 heterocycles. The molecule has 172 valence electrons. The zero-order chi connectivity index (χ0) is 21.8. The Labute approximate surface area is 181 Å². The van der Waals surface area contributed by atoms with Gasteiger partial charge in [-0.25, -0.2) is 0 Å². The van der Waals surface area contributed by atoms with E-state index in [1.165, 1.54) is 5.56 Å². The molecule has 1 aromatic rings. The molecule has 1 aromatic carbocycles. The van der Waals surface area contributed by atoms with Gasteiger partial charge in [0.25, 0.3) is 0 Å². The van der Waals surface area contributed by atoms with Crippen LogP contribution < -0.4 is 10.1 Å². The maximum Gasteiger partial charge on any atom is 0.401 e. The second kappa shape index (κ2) is 9.77. The number of alkyl halides is 3. The molecule has 1 saturated heterocycles. The molecule has 2 atom stereocenters. The summed E-state index contributed by atoms with van der Waals surface area (Å²) < 4.78 is 50.6. The maximum absolute atomic E-state index is 13.0. The summed E-state index contributed by atoms with van der Waals surface area (Å²) in [7, 11) is 0. The molecular weight excluding hydrogens is 409 g/mol. The first-order valence-corrected chi connectivity index (χ1v) is 11.3. The predicted octanol–water partition coefficient (Wildman–Crippen LogP) is 4.02. The topological polar surface area (TPSA) is 50.8 Å². The molecule has 1 amide bonds. The average molecular weight is 441 g/mol. The highest BCUT2D eigenvalue weighted by molar-refractivity contribution is 5.77. The summed E-state index contributed by atoms with van der Waals surface area (Å²) in [6, 6.07) is 7.20. The number of rotatable bonds is 2. The quantitative estimate of drug-likeness (QED) is 0.755. The molecule has 31 heavy (non-hydrogen) atoms. The minimum Gasteiger partial charge on any atom is -0.493 e. The molecule has 2 bridgehead atoms. The van der Waals surface area contributed by atoms with Gasteiger partial charge in [0.05, 0.1) is 38.3 Å². The lowest BCUT2D eigenvalue weighted by Gasteiger charge is -2.43. The van der Waals surface area contributed by atoms with Crippen molar-refractivity contribution in [3.05, 3.63) is 29.8 Å². The SMILES string of the molecule is O=C1CCOc2ccccc2C2CCC(CC2)OC[C@H]2[C@@H](NCC(F)(F)F)CCCN12. The van der Waals surface area contributed by atoms with Crippen LogP contribution in [-0.2, 0) is 9.53 Å². The Hall–Kier alpha value is -1.80. The van der Waals surface area contributed by atoms with Gasteiger partial charge in [0.15, 0.2) is 0 Å². The molecule has 0 unspecified atom stereocenters. The van der Waals surface area contributed by atoms with E-state index in [2.05, 4.69) is 11.4 Å². The van der Waals surface area contributed by atoms with Crippen LogP contribution in [0, 0.1) is 0 Å². The third-order valence-corrected chi connectivity index (χ3v) is 6.77. The number of carbonyl (C=O) groups is 1. The van der Waals surface area contributed by atoms with E-state index in [-0.39, 0.29) is 31.6 Å². The van der Waals surface area contributed by atoms with Gasteiger partial charge < -0.3 is 19.7 Å². The smallest absolute Gasteiger partial charge is 0.401 e. The molecule has 0 aromatic heterocycles. The fraction of sp³-hybridized carbons (Fsp3) is 0.696. The van der Waals surface area contributed by atoms with E-state index in [4.69, 9.17) is 9.47 Å². The van der Waals surface area contributed by atoms with Crippen LogP contribution in [0.5, 0.6) is 5.75 Å². The summed E-state index contributed by atoms with van der Waals surface area (Å²) in [5.74, 6) is 1.14. The van der Waals surface area contributed by atoms with Gasteiger partial charge in [-0.3, -0.25) is 4.79 Å². The molecule has 2 fully saturated rings. The highest BCUT2D eigenvalue weighted by Gasteiger charge is 2.38. The lowest BCUT2D eigenvalue weighted by Crippen LogP contribution is -2.59. The van der Waals surface area contributed by atoms with E-state index in [9.17, 15) is 18.0 Å². The lowest BCUT2D eigenvalue weighted by molar-refractivity contribution is -0.142. The molecule has 4 aliphatic rings. The number of hydrogen-bond acceptors (Lipinski definition) is 4. The average Bonchev–Trinajstić information content (AvgIpc) is 2.76. The Morgan fingerprint density at radius 1 is 1.10 bits per heavy atom. The van der Waals surface area contributed by atoms with E-state index in [1.54, 1.807) is 4.90 Å². The van der Waals surface area contributed by atoms with Gasteiger partial charge in [0, 0.05) is 12.6 Å². The minimum absolute atomic E-state index is 0.0782. The summed E-state index contributed by atoms with van der Waals surface area (Å²) in [4.78, 5) is 14.7. The van der Waals surface area contributed by atoms with E-state index >= 15 is 0 Å². The standard InChI is InChI=1S/C23H31F3N2O3/c24-23(25,26)15-27-19-5-3-12-28-20(19)14-31-17-9-7-16(8-10-17)18-4-1-2-6-21(18)30-13-11-22(28)29/h1-2,4,6,16-17,19-20,27H,3,5,7-15H2/t16?,17?,19-,20-/m0/s1. The normalized spacial score (nSPS) is 30.2. The second-order valence-corrected chi connectivity index (χ2v) is 8.84. The molecule has 5 nitrogen and oxygen atoms in total. The number of fused-ring (bicyclic) bond motifs is 6. The van der Waals surface area contributed by atoms with Gasteiger partial charge in [-0.05, 0) is 56.1 Å². The van der Waals surface area contributed by atoms with Crippen LogP contribution >= 0.6 is 0 Å². The first-order chi connectivity index (χ1) is 14.9. The first kappa shape index (κ1) is 22.4. The van der Waals surface area contributed by atoms with Gasteiger partial charge >= 0.3 is 6.18 Å². The largest absolute Gasteiger partial charge is 0.493 e. The third-order valence-electron chi connectivity index (χ3n) is 6.77. The maximum atomic E-state index is 13.0. The van der Waals surface area contributed by atoms with E-state index in [0.29, 0.717) is 25.3 Å². The summed E-state index contributed by atoms with van der Waals surface area (Å²) in [6.45, 7) is 0.0194. The minimum atomic E-state index is -4.28. The van der Waals surface area contributed by atoms with Gasteiger partial charge in [0.1, 0.15) is 5.75 Å². The van der Waals surface area contributed by atoms with Crippen molar-refractivity contribution in [2.75, 3.05) is 26.3 Å². The number of para-hydroxylation sites is 1. The lowest BCUT2D eigenvalue weighted by atomic mass is 9.82. The van der Waals surface area contributed by atoms with Crippen molar-refractivity contribution in [3.63, 3.8) is 0 Å². The molecule has 1 aliphatic carbocycles. The van der Waals surface area contributed by atoms with Crippen LogP contribution in [0.15, 0.2) is 24.3 Å². The van der Waals surface area contributed by atoms with Crippen LogP contribution in [0.4, 0.5) is 13.2 Å². The van der Waals surface area contributed by atoms with E-state index < -0.39 is 24.8 Å². The van der Waals surface area contributed by atoms with Crippen molar-refractivity contribution >= 4 is 5.91 Å². The van der Waals surface area contributed by atoms with Gasteiger partial charge in [-0.2, -0.15) is 13.2 Å². The number of piperidine rings is 1. The summed E-state index contributed by atoms with van der Waals surface area (Å²) in [5.41, 5.74) is 1.19. The third kappa shape index (κ3) is 5.71. The van der Waals surface area contributed by atoms with Crippen molar-refractivity contribution in [3.8, 4) is 5.75 Å². The Kier molecular flexibility index (Phi) is 7.06. The monoisotopic (exact) mass is 440 g/mol. The zero-order valence-corrected chi connectivity index (χ0v) is 17.7. The fourth-order valence-corrected chi connectivity index (χ4v) is 5.17. The highest BCUT2D eigenvalue weighted by atomic mass is 19.4. The molecule has 1 N–H and O–H groups in total. The van der Waals surface area contributed by atoms with Crippen molar-refractivity contribution in [1.82, 2.24) is 10.2 Å². The Morgan fingerprint density at radius 2 is 1.87 bits per heavy atom. The fourth-order valence-electron chi connectivity index (χ4n) is 5.17. The first-order valence-electron chi connectivity index (χ1n) is 11.3. The second-order valence-electron chi connectivity index (χ2n) is 8.84. The summed E-state index contributed by atoms with van der Waals surface area (Å²) >= 11 is 0. The predicted molar refractivity (Wildman–Crippen MR) is 110 cm³/mol. The number of hydrogen-bond donors (Lipinski definition) is 1. The van der Waals surface area contributed by atoms with Crippen LogP contribution in [-0.4, -0.2) is 61.5 Å². The molecule has 1 saturated carbocycles. The summed E-state index contributed by atoms with van der Waals surface area (Å²) in [6.07, 6.45) is 1.06. The van der Waals surface area contributed by atoms with Crippen molar-refractivity contribution in [2.45, 2.75) is 75.2 Å². The van der Waals surface area contributed by atoms with Crippen molar-refractivity contribution in [2.24, 2.45) is 0 Å². The molecule has 0 spiro atoms. The number of nitrogens with one attached hydrogen (secondary N) is 1. The number of ether oxygens (including phenoxy) is 2. The van der Waals surface area contributed by atoms with Crippen LogP contribution in [0.1, 0.15) is 56.4 Å². The Balaban J connectivity index is 1.52. The van der Waals surface area contributed by atoms with Gasteiger partial charge in [0.2, 0.25) is 5.91 Å². The van der Waals surface area contributed by atoms with Gasteiger partial charge in [-0.15, -0.1) is 0 Å². The van der Waals surface area contributed by atoms with Crippen molar-refractivity contribution < 1.29 is 27.4 Å². The number of halogens is 3. The summed E-state index contributed by atoms with van der Waals surface area (Å²) in [5, 5.41) is 2.64. The van der Waals surface area contributed by atoms with Crippen LogP contribution in [0.2, 0.25) is 0 Å². The van der Waals surface area contributed by atoms with Crippen LogP contribution in [0.25, 0.3) is 0 Å². The number of nitrogens with zero attached hydrogens (tertiary/aromatic N) is 1. The molecule has 8 heteroatoms. The Bertz CT molecular complexity index is 750. The van der Waals surface area contributed by atoms with Crippen molar-refractivity contribution in [1.29, 1.82) is 0 Å². The molecule has 5 rings (SSSR count). The number of carbonyl (C=O) groups excluding carboxylic acids is 1. The molecular formula is C23H31F3N2O3. The highest BCUT2D eigenvalue weighted by Crippen LogP contribution is 2.38. The molecule has 0 radical (unpaired) electrons. The zero-order valence-electron chi connectivity index (χ0n) is 17.7. The van der Waals surface area contributed by atoms with E-state index in [0.717, 1.165) is 31.4 Å². The van der Waals surface area contributed by atoms with Gasteiger partial charge in [-0.1, -0.05) is 18.2 Å². The van der Waals surface area contributed by atoms with E-state index in [1.807, 2.05) is 18.2 Å². The number of benzene rings is 1. The Morgan fingerprint density at radius 3 is 2.65 bits per heavy atom. The number of amides is 1. The molecule has 3 aliphatic heterocycles. The van der Waals surface area contributed by atoms with Crippen LogP contribution in [0.3, 0.4) is 0 Å².